The van der Waals surface area contributed by atoms with Gasteiger partial charge in [0, 0.05) is 36.7 Å². The molecule has 5 nitrogen and oxygen atoms in total. The minimum absolute atomic E-state index is 0.00776. The van der Waals surface area contributed by atoms with Crippen molar-refractivity contribution in [1.82, 2.24) is 4.90 Å². The molecular formula is C30H31F6NO4. The third-order valence-electron chi connectivity index (χ3n) is 8.16. The summed E-state index contributed by atoms with van der Waals surface area (Å²) < 4.78 is 98.9. The highest BCUT2D eigenvalue weighted by atomic mass is 19.4. The fraction of sp³-hybridized carbons (Fsp3) is 0.500. The van der Waals surface area contributed by atoms with E-state index < -0.39 is 35.9 Å². The standard InChI is InChI=1S/C30H31F6NO4/c1-16-4-5-17(2)25(6-16)27-26-12-37(23-10-24(38)15-39-14-23)11-20(26)13-40-28(27)41-18(3)19-7-21(29(31,32)33)9-22(8-19)30(34,35)36/h4-10,18,20,26-28H,11-15H2,1-3H3/t18-,20+,26?,27+,28-/m1/s1. The number of benzene rings is 2. The van der Waals surface area contributed by atoms with E-state index in [9.17, 15) is 31.1 Å². The molecule has 1 unspecified atom stereocenters. The number of hydrogen-bond donors (Lipinski definition) is 0. The number of ether oxygens (including phenoxy) is 3. The van der Waals surface area contributed by atoms with Gasteiger partial charge in [-0.15, -0.1) is 0 Å². The average Bonchev–Trinajstić information content (AvgIpc) is 3.33. The van der Waals surface area contributed by atoms with Crippen molar-refractivity contribution in [3.63, 3.8) is 0 Å². The first kappa shape index (κ1) is 29.6. The molecule has 222 valence electrons. The zero-order valence-corrected chi connectivity index (χ0v) is 22.8. The lowest BCUT2D eigenvalue weighted by Gasteiger charge is -2.41. The van der Waals surface area contributed by atoms with Gasteiger partial charge in [-0.25, -0.2) is 0 Å². The van der Waals surface area contributed by atoms with E-state index in [2.05, 4.69) is 4.90 Å². The van der Waals surface area contributed by atoms with E-state index in [4.69, 9.17) is 14.2 Å². The van der Waals surface area contributed by atoms with Gasteiger partial charge in [0.15, 0.2) is 12.1 Å². The van der Waals surface area contributed by atoms with Gasteiger partial charge < -0.3 is 19.1 Å². The number of alkyl halides is 6. The maximum Gasteiger partial charge on any atom is 0.416 e. The summed E-state index contributed by atoms with van der Waals surface area (Å²) in [5, 5.41) is 0. The van der Waals surface area contributed by atoms with Gasteiger partial charge in [-0.2, -0.15) is 26.3 Å². The molecule has 11 heteroatoms. The summed E-state index contributed by atoms with van der Waals surface area (Å²) in [6.45, 7) is 7.17. The largest absolute Gasteiger partial charge is 0.416 e. The second-order valence-corrected chi connectivity index (χ2v) is 11.1. The Balaban J connectivity index is 1.48. The molecule has 0 aliphatic carbocycles. The minimum Gasteiger partial charge on any atom is -0.372 e. The van der Waals surface area contributed by atoms with Gasteiger partial charge in [-0.3, -0.25) is 4.79 Å². The number of carbonyl (C=O) groups excluding carboxylic acids is 1. The van der Waals surface area contributed by atoms with Crippen molar-refractivity contribution in [3.8, 4) is 0 Å². The summed E-state index contributed by atoms with van der Waals surface area (Å²) in [7, 11) is 0. The smallest absolute Gasteiger partial charge is 0.372 e. The monoisotopic (exact) mass is 583 g/mol. The first-order valence-corrected chi connectivity index (χ1v) is 13.4. The lowest BCUT2D eigenvalue weighted by atomic mass is 9.76. The maximum absolute atomic E-state index is 13.5. The zero-order valence-electron chi connectivity index (χ0n) is 22.8. The lowest BCUT2D eigenvalue weighted by molar-refractivity contribution is -0.217. The highest BCUT2D eigenvalue weighted by Gasteiger charge is 2.48. The first-order valence-electron chi connectivity index (χ1n) is 13.4. The van der Waals surface area contributed by atoms with Crippen LogP contribution in [0, 0.1) is 25.7 Å². The van der Waals surface area contributed by atoms with Crippen LogP contribution in [-0.4, -0.2) is 49.9 Å². The van der Waals surface area contributed by atoms with Crippen molar-refractivity contribution in [3.05, 3.63) is 81.6 Å². The molecule has 0 bridgehead atoms. The molecule has 0 aromatic heterocycles. The van der Waals surface area contributed by atoms with Gasteiger partial charge in [0.05, 0.1) is 30.4 Å². The fourth-order valence-corrected chi connectivity index (χ4v) is 6.06. The molecule has 2 aromatic rings. The number of fused-ring (bicyclic) bond motifs is 1. The Labute approximate surface area is 234 Å². The second kappa shape index (κ2) is 11.1. The molecule has 2 saturated heterocycles. The molecule has 3 aliphatic rings. The number of aryl methyl sites for hydroxylation is 2. The van der Waals surface area contributed by atoms with Gasteiger partial charge in [0.2, 0.25) is 0 Å². The second-order valence-electron chi connectivity index (χ2n) is 11.1. The Bertz CT molecular complexity index is 1300. The molecule has 41 heavy (non-hydrogen) atoms. The van der Waals surface area contributed by atoms with E-state index in [1.165, 1.54) is 6.92 Å². The summed E-state index contributed by atoms with van der Waals surface area (Å²) in [5.74, 6) is -0.405. The summed E-state index contributed by atoms with van der Waals surface area (Å²) >= 11 is 0. The van der Waals surface area contributed by atoms with Crippen molar-refractivity contribution in [2.24, 2.45) is 11.8 Å². The highest BCUT2D eigenvalue weighted by Crippen LogP contribution is 2.47. The molecule has 0 N–H and O–H groups in total. The Hall–Kier alpha value is -2.89. The summed E-state index contributed by atoms with van der Waals surface area (Å²) in [5.41, 5.74) is 0.673. The summed E-state index contributed by atoms with van der Waals surface area (Å²) in [4.78, 5) is 14.1. The molecule has 0 amide bonds. The third kappa shape index (κ3) is 6.32. The van der Waals surface area contributed by atoms with Crippen LogP contribution in [-0.2, 0) is 31.4 Å². The van der Waals surface area contributed by atoms with E-state index >= 15 is 0 Å². The molecular weight excluding hydrogens is 552 g/mol. The van der Waals surface area contributed by atoms with E-state index in [-0.39, 0.29) is 41.8 Å². The number of nitrogens with zero attached hydrogens (tertiary/aromatic N) is 1. The van der Waals surface area contributed by atoms with Crippen LogP contribution < -0.4 is 0 Å². The molecule has 3 aliphatic heterocycles. The van der Waals surface area contributed by atoms with Crippen LogP contribution in [0.4, 0.5) is 26.3 Å². The molecule has 0 radical (unpaired) electrons. The van der Waals surface area contributed by atoms with Gasteiger partial charge in [-0.05, 0) is 61.6 Å². The van der Waals surface area contributed by atoms with E-state index in [0.29, 0.717) is 38.4 Å². The Morgan fingerprint density at radius 2 is 1.63 bits per heavy atom. The van der Waals surface area contributed by atoms with Crippen molar-refractivity contribution >= 4 is 5.78 Å². The minimum atomic E-state index is -4.96. The van der Waals surface area contributed by atoms with E-state index in [0.717, 1.165) is 22.4 Å². The van der Waals surface area contributed by atoms with Crippen molar-refractivity contribution in [2.45, 2.75) is 51.4 Å². The number of ketones is 1. The summed E-state index contributed by atoms with van der Waals surface area (Å²) in [6.07, 6.45) is -10.4. The van der Waals surface area contributed by atoms with Crippen LogP contribution in [0.5, 0.6) is 0 Å². The van der Waals surface area contributed by atoms with Crippen LogP contribution in [0.1, 0.15) is 52.3 Å². The predicted octanol–water partition coefficient (Wildman–Crippen LogP) is 6.59. The number of halogens is 6. The number of likely N-dealkylation sites (tertiary alicyclic amines) is 1. The average molecular weight is 584 g/mol. The van der Waals surface area contributed by atoms with E-state index in [1.807, 2.05) is 32.0 Å². The van der Waals surface area contributed by atoms with Crippen LogP contribution >= 0.6 is 0 Å². The molecule has 0 spiro atoms. The van der Waals surface area contributed by atoms with Crippen LogP contribution in [0.2, 0.25) is 0 Å². The normalized spacial score (nSPS) is 26.1. The van der Waals surface area contributed by atoms with E-state index in [1.54, 1.807) is 6.08 Å². The number of hydrogen-bond acceptors (Lipinski definition) is 5. The third-order valence-corrected chi connectivity index (χ3v) is 8.16. The van der Waals surface area contributed by atoms with Crippen LogP contribution in [0.15, 0.2) is 48.2 Å². The Morgan fingerprint density at radius 1 is 0.951 bits per heavy atom. The van der Waals surface area contributed by atoms with Crippen molar-refractivity contribution < 1.29 is 45.3 Å². The van der Waals surface area contributed by atoms with Crippen molar-refractivity contribution in [1.29, 1.82) is 0 Å². The zero-order chi connectivity index (χ0) is 29.7. The molecule has 0 saturated carbocycles. The number of carbonyl (C=O) groups is 1. The first-order chi connectivity index (χ1) is 19.2. The Kier molecular flexibility index (Phi) is 7.99. The molecule has 5 rings (SSSR count). The highest BCUT2D eigenvalue weighted by molar-refractivity contribution is 5.92. The van der Waals surface area contributed by atoms with Crippen LogP contribution in [0.25, 0.3) is 0 Å². The topological polar surface area (TPSA) is 48.0 Å². The maximum atomic E-state index is 13.5. The van der Waals surface area contributed by atoms with Crippen molar-refractivity contribution in [2.75, 3.05) is 32.9 Å². The van der Waals surface area contributed by atoms with Gasteiger partial charge in [0.25, 0.3) is 0 Å². The molecule has 5 atom stereocenters. The lowest BCUT2D eigenvalue weighted by Crippen LogP contribution is -2.42. The fourth-order valence-electron chi connectivity index (χ4n) is 6.06. The Morgan fingerprint density at radius 3 is 2.27 bits per heavy atom. The molecule has 2 fully saturated rings. The number of rotatable bonds is 5. The van der Waals surface area contributed by atoms with Gasteiger partial charge >= 0.3 is 12.4 Å². The quantitative estimate of drug-likeness (QED) is 0.372. The summed E-state index contributed by atoms with van der Waals surface area (Å²) in [6, 6.07) is 7.47. The SMILES string of the molecule is Cc1ccc(C)c([C@H]2C3CN(C4=CC(=O)COC4)C[C@H]3CO[C@@H]2O[C@H](C)c2cc(C(F)(F)F)cc(C(F)(F)F)c2)c1. The molecule has 2 aromatic carbocycles. The van der Waals surface area contributed by atoms with Crippen LogP contribution in [0.3, 0.4) is 0 Å². The van der Waals surface area contributed by atoms with Gasteiger partial charge in [-0.1, -0.05) is 23.8 Å². The van der Waals surface area contributed by atoms with Gasteiger partial charge in [0.1, 0.15) is 6.61 Å². The predicted molar refractivity (Wildman–Crippen MR) is 137 cm³/mol. The molecule has 3 heterocycles.